The minimum Gasteiger partial charge on any atom is -0.465 e. The summed E-state index contributed by atoms with van der Waals surface area (Å²) in [7, 11) is 1.09. The van der Waals surface area contributed by atoms with Crippen LogP contribution in [0.15, 0.2) is 12.1 Å². The number of hydrogen-bond acceptors (Lipinski definition) is 4. The second kappa shape index (κ2) is 4.89. The van der Waals surface area contributed by atoms with Gasteiger partial charge < -0.3 is 4.74 Å². The minimum absolute atomic E-state index is 0.0634. The molecule has 0 fully saturated rings. The van der Waals surface area contributed by atoms with E-state index in [9.17, 15) is 19.3 Å². The third-order valence-corrected chi connectivity index (χ3v) is 2.20. The molecular formula is C9H7ClFNO4. The van der Waals surface area contributed by atoms with E-state index >= 15 is 0 Å². The van der Waals surface area contributed by atoms with Crippen LogP contribution in [0.1, 0.15) is 15.9 Å². The molecule has 0 N–H and O–H groups in total. The minimum atomic E-state index is -1.01. The zero-order chi connectivity index (χ0) is 12.3. The first kappa shape index (κ1) is 12.4. The monoisotopic (exact) mass is 247 g/mol. The predicted octanol–water partition coefficient (Wildman–Crippen LogP) is 2.26. The van der Waals surface area contributed by atoms with Crippen molar-refractivity contribution in [2.75, 3.05) is 7.11 Å². The maximum atomic E-state index is 13.3. The molecule has 0 atom stereocenters. The summed E-state index contributed by atoms with van der Waals surface area (Å²) < 4.78 is 17.6. The Balaban J connectivity index is 3.37. The molecule has 0 unspecified atom stereocenters. The number of alkyl halides is 1. The summed E-state index contributed by atoms with van der Waals surface area (Å²) in [5.74, 6) is -2.10. The largest absolute Gasteiger partial charge is 0.465 e. The van der Waals surface area contributed by atoms with Crippen molar-refractivity contribution in [3.05, 3.63) is 39.2 Å². The Labute approximate surface area is 94.9 Å². The van der Waals surface area contributed by atoms with Crippen molar-refractivity contribution in [1.29, 1.82) is 0 Å². The van der Waals surface area contributed by atoms with Crippen molar-refractivity contribution < 1.29 is 18.8 Å². The lowest BCUT2D eigenvalue weighted by Crippen LogP contribution is -2.07. The van der Waals surface area contributed by atoms with Crippen LogP contribution < -0.4 is 0 Å². The first-order valence-corrected chi connectivity index (χ1v) is 4.65. The maximum Gasteiger partial charge on any atom is 0.340 e. The Morgan fingerprint density at radius 1 is 1.62 bits per heavy atom. The number of esters is 1. The molecule has 0 radical (unpaired) electrons. The van der Waals surface area contributed by atoms with Gasteiger partial charge in [-0.05, 0) is 6.07 Å². The van der Waals surface area contributed by atoms with Gasteiger partial charge >= 0.3 is 5.97 Å². The van der Waals surface area contributed by atoms with Crippen LogP contribution >= 0.6 is 11.6 Å². The zero-order valence-corrected chi connectivity index (χ0v) is 8.95. The number of ether oxygens (including phenoxy) is 1. The second-order valence-electron chi connectivity index (χ2n) is 2.84. The molecule has 0 bridgehead atoms. The molecule has 1 rings (SSSR count). The van der Waals surface area contributed by atoms with Gasteiger partial charge in [0.2, 0.25) is 0 Å². The lowest BCUT2D eigenvalue weighted by molar-refractivity contribution is -0.385. The molecule has 0 spiro atoms. The van der Waals surface area contributed by atoms with E-state index in [2.05, 4.69) is 4.74 Å². The summed E-state index contributed by atoms with van der Waals surface area (Å²) in [5, 5.41) is 10.5. The number of carbonyl (C=O) groups is 1. The Kier molecular flexibility index (Phi) is 3.78. The number of nitro groups is 1. The lowest BCUT2D eigenvalue weighted by atomic mass is 10.1. The average molecular weight is 248 g/mol. The Hall–Kier alpha value is -1.69. The molecule has 0 saturated heterocycles. The van der Waals surface area contributed by atoms with Crippen LogP contribution in [0.4, 0.5) is 10.1 Å². The van der Waals surface area contributed by atoms with E-state index in [1.807, 2.05) is 0 Å². The Bertz CT molecular complexity index is 449. The number of nitrogens with zero attached hydrogens (tertiary/aromatic N) is 1. The molecule has 1 aromatic carbocycles. The molecule has 0 heterocycles. The number of methoxy groups -OCH3 is 1. The number of benzene rings is 1. The van der Waals surface area contributed by atoms with Crippen molar-refractivity contribution in [3.8, 4) is 0 Å². The van der Waals surface area contributed by atoms with Crippen molar-refractivity contribution in [2.24, 2.45) is 0 Å². The second-order valence-corrected chi connectivity index (χ2v) is 3.11. The summed E-state index contributed by atoms with van der Waals surface area (Å²) in [6.07, 6.45) is 0. The number of rotatable bonds is 3. The van der Waals surface area contributed by atoms with Gasteiger partial charge in [0.05, 0.1) is 29.5 Å². The van der Waals surface area contributed by atoms with Gasteiger partial charge in [0.15, 0.2) is 0 Å². The first-order chi connectivity index (χ1) is 7.51. The normalized spacial score (nSPS) is 9.94. The van der Waals surface area contributed by atoms with Gasteiger partial charge in [-0.2, -0.15) is 0 Å². The molecule has 5 nitrogen and oxygen atoms in total. The average Bonchev–Trinajstić information content (AvgIpc) is 2.27. The van der Waals surface area contributed by atoms with Crippen LogP contribution in [0.25, 0.3) is 0 Å². The van der Waals surface area contributed by atoms with Crippen molar-refractivity contribution in [1.82, 2.24) is 0 Å². The summed E-state index contributed by atoms with van der Waals surface area (Å²) in [6.45, 7) is 0. The van der Waals surface area contributed by atoms with Gasteiger partial charge in [-0.25, -0.2) is 9.18 Å². The molecule has 0 aliphatic rings. The molecule has 16 heavy (non-hydrogen) atoms. The number of hydrogen-bond donors (Lipinski definition) is 0. The molecule has 0 aliphatic carbocycles. The van der Waals surface area contributed by atoms with Crippen molar-refractivity contribution >= 4 is 23.3 Å². The molecule has 0 amide bonds. The zero-order valence-electron chi connectivity index (χ0n) is 8.20. The van der Waals surface area contributed by atoms with Gasteiger partial charge in [0.25, 0.3) is 5.69 Å². The highest BCUT2D eigenvalue weighted by atomic mass is 35.5. The summed E-state index contributed by atoms with van der Waals surface area (Å²) in [6, 6.07) is 1.68. The number of nitro benzene ring substituents is 1. The molecule has 86 valence electrons. The predicted molar refractivity (Wildman–Crippen MR) is 54.0 cm³/mol. The lowest BCUT2D eigenvalue weighted by Gasteiger charge is -2.04. The van der Waals surface area contributed by atoms with E-state index in [-0.39, 0.29) is 17.0 Å². The van der Waals surface area contributed by atoms with E-state index in [4.69, 9.17) is 11.6 Å². The topological polar surface area (TPSA) is 69.4 Å². The van der Waals surface area contributed by atoms with E-state index in [1.54, 1.807) is 0 Å². The first-order valence-electron chi connectivity index (χ1n) is 4.12. The summed E-state index contributed by atoms with van der Waals surface area (Å²) in [5.41, 5.74) is -0.766. The molecule has 1 aromatic rings. The van der Waals surface area contributed by atoms with Crippen LogP contribution in [-0.2, 0) is 10.6 Å². The van der Waals surface area contributed by atoms with E-state index < -0.39 is 22.4 Å². The molecule has 0 aromatic heterocycles. The smallest absolute Gasteiger partial charge is 0.340 e. The van der Waals surface area contributed by atoms with Gasteiger partial charge in [-0.15, -0.1) is 11.6 Å². The SMILES string of the molecule is COC(=O)c1cc(CCl)c([N+](=O)[O-])cc1F. The van der Waals surface area contributed by atoms with E-state index in [0.29, 0.717) is 6.07 Å². The van der Waals surface area contributed by atoms with Crippen LogP contribution in [0.2, 0.25) is 0 Å². The third-order valence-electron chi connectivity index (χ3n) is 1.91. The fraction of sp³-hybridized carbons (Fsp3) is 0.222. The van der Waals surface area contributed by atoms with Crippen LogP contribution in [-0.4, -0.2) is 18.0 Å². The van der Waals surface area contributed by atoms with E-state index in [1.165, 1.54) is 0 Å². The standard InChI is InChI=1S/C9H7ClFNO4/c1-16-9(13)6-2-5(4-10)8(12(14)15)3-7(6)11/h2-3H,4H2,1H3. The molecule has 0 aliphatic heterocycles. The van der Waals surface area contributed by atoms with Crippen LogP contribution in [0.3, 0.4) is 0 Å². The fourth-order valence-electron chi connectivity index (χ4n) is 1.15. The highest BCUT2D eigenvalue weighted by molar-refractivity contribution is 6.17. The van der Waals surface area contributed by atoms with E-state index in [0.717, 1.165) is 13.2 Å². The van der Waals surface area contributed by atoms with Crippen LogP contribution in [0, 0.1) is 15.9 Å². The Morgan fingerprint density at radius 2 is 2.25 bits per heavy atom. The van der Waals surface area contributed by atoms with Crippen molar-refractivity contribution in [3.63, 3.8) is 0 Å². The number of carbonyl (C=O) groups excluding carboxylic acids is 1. The maximum absolute atomic E-state index is 13.3. The summed E-state index contributed by atoms with van der Waals surface area (Å²) >= 11 is 5.47. The van der Waals surface area contributed by atoms with Gasteiger partial charge in [-0.1, -0.05) is 0 Å². The summed E-state index contributed by atoms with van der Waals surface area (Å²) in [4.78, 5) is 20.9. The molecule has 7 heteroatoms. The highest BCUT2D eigenvalue weighted by Crippen LogP contribution is 2.24. The Morgan fingerprint density at radius 3 is 2.69 bits per heavy atom. The quantitative estimate of drug-likeness (QED) is 0.356. The fourth-order valence-corrected chi connectivity index (χ4v) is 1.37. The van der Waals surface area contributed by atoms with Gasteiger partial charge in [-0.3, -0.25) is 10.1 Å². The number of halogens is 2. The molecule has 0 saturated carbocycles. The highest BCUT2D eigenvalue weighted by Gasteiger charge is 2.21. The van der Waals surface area contributed by atoms with Gasteiger partial charge in [0, 0.05) is 5.56 Å². The molecular weight excluding hydrogens is 241 g/mol. The van der Waals surface area contributed by atoms with Crippen molar-refractivity contribution in [2.45, 2.75) is 5.88 Å². The van der Waals surface area contributed by atoms with Gasteiger partial charge in [0.1, 0.15) is 5.82 Å². The third kappa shape index (κ3) is 2.27. The van der Waals surface area contributed by atoms with Crippen LogP contribution in [0.5, 0.6) is 0 Å².